The first-order chi connectivity index (χ1) is 10.1. The summed E-state index contributed by atoms with van der Waals surface area (Å²) in [5.41, 5.74) is 3.25. The normalized spacial score (nSPS) is 21.0. The molecule has 1 fully saturated rings. The molecular weight excluding hydrogens is 266 g/mol. The van der Waals surface area contributed by atoms with E-state index in [1.165, 1.54) is 18.1 Å². The molecule has 0 bridgehead atoms. The van der Waals surface area contributed by atoms with Crippen molar-refractivity contribution in [1.82, 2.24) is 15.5 Å². The summed E-state index contributed by atoms with van der Waals surface area (Å²) >= 11 is 0. The Labute approximate surface area is 124 Å². The van der Waals surface area contributed by atoms with Crippen LogP contribution in [-0.4, -0.2) is 35.8 Å². The van der Waals surface area contributed by atoms with Gasteiger partial charge in [-0.25, -0.2) is 0 Å². The van der Waals surface area contributed by atoms with Crippen molar-refractivity contribution in [3.05, 3.63) is 34.9 Å². The van der Waals surface area contributed by atoms with Crippen molar-refractivity contribution in [1.29, 1.82) is 0 Å². The number of nitrogens with zero attached hydrogens (tertiary/aromatic N) is 1. The molecule has 21 heavy (non-hydrogen) atoms. The van der Waals surface area contributed by atoms with E-state index in [1.54, 1.807) is 0 Å². The van der Waals surface area contributed by atoms with Gasteiger partial charge in [0.25, 0.3) is 5.91 Å². The van der Waals surface area contributed by atoms with E-state index < -0.39 is 0 Å². The summed E-state index contributed by atoms with van der Waals surface area (Å²) in [6.07, 6.45) is 1.88. The Balaban J connectivity index is 1.71. The predicted octanol–water partition coefficient (Wildman–Crippen LogP) is 1.03. The number of benzene rings is 1. The van der Waals surface area contributed by atoms with E-state index in [9.17, 15) is 9.59 Å². The van der Waals surface area contributed by atoms with Crippen molar-refractivity contribution < 1.29 is 9.59 Å². The van der Waals surface area contributed by atoms with Crippen LogP contribution in [0.5, 0.6) is 0 Å². The quantitative estimate of drug-likeness (QED) is 0.854. The van der Waals surface area contributed by atoms with Gasteiger partial charge in [0, 0.05) is 44.7 Å². The molecule has 1 aromatic rings. The second-order valence-corrected chi connectivity index (χ2v) is 5.88. The number of likely N-dealkylation sites (tertiary alicyclic amines) is 1. The van der Waals surface area contributed by atoms with Gasteiger partial charge in [-0.15, -0.1) is 0 Å². The fraction of sp³-hybridized carbons (Fsp3) is 0.500. The number of amides is 2. The predicted molar refractivity (Wildman–Crippen MR) is 79.7 cm³/mol. The van der Waals surface area contributed by atoms with Gasteiger partial charge in [-0.05, 0) is 36.1 Å². The van der Waals surface area contributed by atoms with E-state index in [2.05, 4.69) is 10.6 Å². The average molecular weight is 287 g/mol. The number of rotatable bonds is 2. The minimum Gasteiger partial charge on any atom is -0.352 e. The van der Waals surface area contributed by atoms with Crippen LogP contribution in [0.4, 0.5) is 0 Å². The molecule has 2 N–H and O–H groups in total. The van der Waals surface area contributed by atoms with Crippen molar-refractivity contribution in [3.8, 4) is 0 Å². The number of carbonyl (C=O) groups is 2. The lowest BCUT2D eigenvalue weighted by Gasteiger charge is -2.33. The van der Waals surface area contributed by atoms with E-state index in [0.29, 0.717) is 6.54 Å². The van der Waals surface area contributed by atoms with E-state index >= 15 is 0 Å². The summed E-state index contributed by atoms with van der Waals surface area (Å²) in [6, 6.07) is 6.03. The number of piperidine rings is 1. The van der Waals surface area contributed by atoms with Gasteiger partial charge in [0.05, 0.1) is 0 Å². The van der Waals surface area contributed by atoms with Crippen molar-refractivity contribution in [2.24, 2.45) is 0 Å². The monoisotopic (exact) mass is 287 g/mol. The highest BCUT2D eigenvalue weighted by atomic mass is 16.2. The van der Waals surface area contributed by atoms with Crippen molar-refractivity contribution in [3.63, 3.8) is 0 Å². The van der Waals surface area contributed by atoms with Gasteiger partial charge in [0.1, 0.15) is 0 Å². The number of fused-ring (bicyclic) bond motifs is 1. The second kappa shape index (κ2) is 5.85. The summed E-state index contributed by atoms with van der Waals surface area (Å²) in [5, 5.41) is 6.21. The average Bonchev–Trinajstić information content (AvgIpc) is 2.93. The van der Waals surface area contributed by atoms with Crippen LogP contribution in [0.2, 0.25) is 0 Å². The molecule has 1 aromatic carbocycles. The molecule has 2 amide bonds. The van der Waals surface area contributed by atoms with Gasteiger partial charge in [-0.2, -0.15) is 0 Å². The zero-order chi connectivity index (χ0) is 14.8. The van der Waals surface area contributed by atoms with Crippen LogP contribution in [0.25, 0.3) is 0 Å². The SMILES string of the molecule is CC(=O)NC1CCCN(C(=O)c2ccc3c(c2)CNC3)C1. The second-order valence-electron chi connectivity index (χ2n) is 5.88. The van der Waals surface area contributed by atoms with Crippen LogP contribution in [0.3, 0.4) is 0 Å². The summed E-state index contributed by atoms with van der Waals surface area (Å²) in [5.74, 6) is 0.0395. The molecule has 0 radical (unpaired) electrons. The number of hydrogen-bond donors (Lipinski definition) is 2. The number of nitrogens with one attached hydrogen (secondary N) is 2. The Morgan fingerprint density at radius 1 is 1.29 bits per heavy atom. The molecule has 5 heteroatoms. The summed E-state index contributed by atoms with van der Waals surface area (Å²) in [7, 11) is 0. The van der Waals surface area contributed by atoms with Crippen LogP contribution in [0.15, 0.2) is 18.2 Å². The van der Waals surface area contributed by atoms with Crippen LogP contribution in [0.1, 0.15) is 41.3 Å². The summed E-state index contributed by atoms with van der Waals surface area (Å²) < 4.78 is 0. The highest BCUT2D eigenvalue weighted by molar-refractivity contribution is 5.94. The molecule has 2 heterocycles. The first-order valence-corrected chi connectivity index (χ1v) is 7.52. The molecule has 2 aliphatic heterocycles. The standard InChI is InChI=1S/C16H21N3O2/c1-11(20)18-15-3-2-6-19(10-15)16(21)12-4-5-13-8-17-9-14(13)7-12/h4-5,7,15,17H,2-3,6,8-10H2,1H3,(H,18,20). The minimum absolute atomic E-state index is 0.0297. The number of carbonyl (C=O) groups excluding carboxylic acids is 2. The molecule has 3 rings (SSSR count). The van der Waals surface area contributed by atoms with Gasteiger partial charge in [-0.3, -0.25) is 9.59 Å². The van der Waals surface area contributed by atoms with E-state index in [1.807, 2.05) is 23.1 Å². The summed E-state index contributed by atoms with van der Waals surface area (Å²) in [4.78, 5) is 25.6. The molecule has 2 aliphatic rings. The Bertz CT molecular complexity index is 571. The maximum atomic E-state index is 12.6. The fourth-order valence-electron chi connectivity index (χ4n) is 3.18. The third kappa shape index (κ3) is 3.08. The summed E-state index contributed by atoms with van der Waals surface area (Å²) in [6.45, 7) is 4.62. The van der Waals surface area contributed by atoms with E-state index in [-0.39, 0.29) is 17.9 Å². The van der Waals surface area contributed by atoms with Gasteiger partial charge in [0.2, 0.25) is 5.91 Å². The third-order valence-corrected chi connectivity index (χ3v) is 4.20. The lowest BCUT2D eigenvalue weighted by Crippen LogP contribution is -2.49. The lowest BCUT2D eigenvalue weighted by atomic mass is 10.0. The zero-order valence-corrected chi connectivity index (χ0v) is 12.3. The molecule has 0 spiro atoms. The first kappa shape index (κ1) is 14.1. The third-order valence-electron chi connectivity index (χ3n) is 4.20. The van der Waals surface area contributed by atoms with E-state index in [4.69, 9.17) is 0 Å². The molecule has 1 saturated heterocycles. The molecule has 0 aliphatic carbocycles. The number of hydrogen-bond acceptors (Lipinski definition) is 3. The molecular formula is C16H21N3O2. The minimum atomic E-state index is -0.0297. The Hall–Kier alpha value is -1.88. The molecule has 1 unspecified atom stereocenters. The Kier molecular flexibility index (Phi) is 3.92. The molecule has 0 aromatic heterocycles. The van der Waals surface area contributed by atoms with Gasteiger partial charge in [-0.1, -0.05) is 6.07 Å². The van der Waals surface area contributed by atoms with Crippen LogP contribution in [-0.2, 0) is 17.9 Å². The van der Waals surface area contributed by atoms with Gasteiger partial charge < -0.3 is 15.5 Å². The zero-order valence-electron chi connectivity index (χ0n) is 12.3. The van der Waals surface area contributed by atoms with Crippen LogP contribution >= 0.6 is 0 Å². The van der Waals surface area contributed by atoms with Crippen LogP contribution in [0, 0.1) is 0 Å². The smallest absolute Gasteiger partial charge is 0.253 e. The maximum Gasteiger partial charge on any atom is 0.253 e. The van der Waals surface area contributed by atoms with Crippen LogP contribution < -0.4 is 10.6 Å². The van der Waals surface area contributed by atoms with Gasteiger partial charge in [0.15, 0.2) is 0 Å². The topological polar surface area (TPSA) is 61.4 Å². The van der Waals surface area contributed by atoms with Crippen molar-refractivity contribution >= 4 is 11.8 Å². The highest BCUT2D eigenvalue weighted by Gasteiger charge is 2.25. The fourth-order valence-corrected chi connectivity index (χ4v) is 3.18. The Morgan fingerprint density at radius 2 is 2.10 bits per heavy atom. The van der Waals surface area contributed by atoms with Crippen molar-refractivity contribution in [2.75, 3.05) is 13.1 Å². The molecule has 5 nitrogen and oxygen atoms in total. The Morgan fingerprint density at radius 3 is 2.90 bits per heavy atom. The molecule has 1 atom stereocenters. The maximum absolute atomic E-state index is 12.6. The van der Waals surface area contributed by atoms with Gasteiger partial charge >= 0.3 is 0 Å². The van der Waals surface area contributed by atoms with Crippen molar-refractivity contribution in [2.45, 2.75) is 38.9 Å². The molecule has 112 valence electrons. The highest BCUT2D eigenvalue weighted by Crippen LogP contribution is 2.20. The molecule has 0 saturated carbocycles. The van der Waals surface area contributed by atoms with E-state index in [0.717, 1.165) is 38.0 Å². The largest absolute Gasteiger partial charge is 0.352 e. The first-order valence-electron chi connectivity index (χ1n) is 7.52. The lowest BCUT2D eigenvalue weighted by molar-refractivity contribution is -0.120.